The number of amides is 1. The second-order valence-corrected chi connectivity index (χ2v) is 6.14. The summed E-state index contributed by atoms with van der Waals surface area (Å²) in [7, 11) is 0. The van der Waals surface area contributed by atoms with Gasteiger partial charge in [0.05, 0.1) is 0 Å². The predicted octanol–water partition coefficient (Wildman–Crippen LogP) is 3.00. The highest BCUT2D eigenvalue weighted by molar-refractivity contribution is 5.76. The second kappa shape index (κ2) is 9.13. The largest absolute Gasteiger partial charge is 0.356 e. The maximum Gasteiger partial charge on any atom is 0.220 e. The van der Waals surface area contributed by atoms with Gasteiger partial charge in [0, 0.05) is 13.0 Å². The number of nitrogens with one attached hydrogen (secondary N) is 1. The van der Waals surface area contributed by atoms with Gasteiger partial charge in [-0.15, -0.1) is 0 Å². The van der Waals surface area contributed by atoms with Gasteiger partial charge in [0.2, 0.25) is 5.91 Å². The highest BCUT2D eigenvalue weighted by atomic mass is 16.1. The summed E-state index contributed by atoms with van der Waals surface area (Å²) in [6, 6.07) is 0. The second-order valence-electron chi connectivity index (χ2n) is 6.14. The molecule has 0 aromatic carbocycles. The number of hydrogen-bond donors (Lipinski definition) is 2. The first-order valence-corrected chi connectivity index (χ1v) is 7.76. The van der Waals surface area contributed by atoms with Crippen LogP contribution in [0.4, 0.5) is 0 Å². The Morgan fingerprint density at radius 1 is 1.42 bits per heavy atom. The Hall–Kier alpha value is -0.830. The minimum absolute atomic E-state index is 0.160. The lowest BCUT2D eigenvalue weighted by Crippen LogP contribution is -2.29. The highest BCUT2D eigenvalue weighted by Crippen LogP contribution is 2.19. The van der Waals surface area contributed by atoms with Crippen molar-refractivity contribution in [3.8, 4) is 0 Å². The maximum atomic E-state index is 11.8. The standard InChI is InChI=1S/C16H30N2O/c1-13(2)10-15(12-17)11-16(19)18-9-8-14-6-4-3-5-7-14/h6,13,15H,3-5,7-12,17H2,1-2H3,(H,18,19). The van der Waals surface area contributed by atoms with Crippen molar-refractivity contribution in [2.24, 2.45) is 17.6 Å². The number of nitrogens with two attached hydrogens (primary N) is 1. The van der Waals surface area contributed by atoms with Crippen molar-refractivity contribution in [3.63, 3.8) is 0 Å². The average Bonchev–Trinajstić information content (AvgIpc) is 2.38. The van der Waals surface area contributed by atoms with Gasteiger partial charge in [-0.2, -0.15) is 0 Å². The van der Waals surface area contributed by atoms with Crippen LogP contribution < -0.4 is 11.1 Å². The SMILES string of the molecule is CC(C)CC(CN)CC(=O)NCCC1=CCCCC1. The molecule has 3 heteroatoms. The van der Waals surface area contributed by atoms with E-state index in [9.17, 15) is 4.79 Å². The van der Waals surface area contributed by atoms with Crippen molar-refractivity contribution in [1.82, 2.24) is 5.32 Å². The molecule has 19 heavy (non-hydrogen) atoms. The van der Waals surface area contributed by atoms with E-state index in [2.05, 4.69) is 25.2 Å². The van der Waals surface area contributed by atoms with E-state index >= 15 is 0 Å². The molecule has 0 radical (unpaired) electrons. The van der Waals surface area contributed by atoms with Crippen molar-refractivity contribution in [3.05, 3.63) is 11.6 Å². The van der Waals surface area contributed by atoms with E-state index in [0.29, 0.717) is 24.8 Å². The number of hydrogen-bond acceptors (Lipinski definition) is 2. The molecule has 0 saturated carbocycles. The molecule has 1 unspecified atom stereocenters. The van der Waals surface area contributed by atoms with Gasteiger partial charge in [0.25, 0.3) is 0 Å². The Morgan fingerprint density at radius 2 is 2.21 bits per heavy atom. The Morgan fingerprint density at radius 3 is 2.79 bits per heavy atom. The van der Waals surface area contributed by atoms with Crippen LogP contribution in [0.3, 0.4) is 0 Å². The molecule has 0 bridgehead atoms. The molecule has 0 aliphatic heterocycles. The molecule has 1 atom stereocenters. The molecule has 1 amide bonds. The smallest absolute Gasteiger partial charge is 0.220 e. The summed E-state index contributed by atoms with van der Waals surface area (Å²) in [5, 5.41) is 3.03. The molecule has 0 aromatic rings. The van der Waals surface area contributed by atoms with Gasteiger partial charge in [-0.25, -0.2) is 0 Å². The minimum atomic E-state index is 0.160. The van der Waals surface area contributed by atoms with Crippen LogP contribution in [0.25, 0.3) is 0 Å². The van der Waals surface area contributed by atoms with E-state index in [1.54, 1.807) is 0 Å². The van der Waals surface area contributed by atoms with Gasteiger partial charge in [0.15, 0.2) is 0 Å². The fourth-order valence-electron chi connectivity index (χ4n) is 2.76. The van der Waals surface area contributed by atoms with Crippen molar-refractivity contribution in [2.45, 2.75) is 58.8 Å². The molecule has 0 aromatic heterocycles. The van der Waals surface area contributed by atoms with E-state index < -0.39 is 0 Å². The van der Waals surface area contributed by atoms with Crippen LogP contribution in [0.15, 0.2) is 11.6 Å². The van der Waals surface area contributed by atoms with Crippen LogP contribution in [-0.4, -0.2) is 19.0 Å². The summed E-state index contributed by atoms with van der Waals surface area (Å²) in [6.45, 7) is 5.74. The van der Waals surface area contributed by atoms with E-state index in [0.717, 1.165) is 19.4 Å². The van der Waals surface area contributed by atoms with Gasteiger partial charge < -0.3 is 11.1 Å². The van der Waals surface area contributed by atoms with Gasteiger partial charge in [-0.3, -0.25) is 4.79 Å². The van der Waals surface area contributed by atoms with Crippen LogP contribution in [-0.2, 0) is 4.79 Å². The summed E-state index contributed by atoms with van der Waals surface area (Å²) < 4.78 is 0. The minimum Gasteiger partial charge on any atom is -0.356 e. The zero-order valence-electron chi connectivity index (χ0n) is 12.6. The van der Waals surface area contributed by atoms with Gasteiger partial charge in [-0.1, -0.05) is 25.5 Å². The van der Waals surface area contributed by atoms with Crippen molar-refractivity contribution < 1.29 is 4.79 Å². The number of rotatable bonds is 8. The van der Waals surface area contributed by atoms with Crippen LogP contribution >= 0.6 is 0 Å². The molecular formula is C16H30N2O. The van der Waals surface area contributed by atoms with Crippen molar-refractivity contribution in [2.75, 3.05) is 13.1 Å². The third-order valence-corrected chi connectivity index (χ3v) is 3.77. The summed E-state index contributed by atoms with van der Waals surface area (Å²) in [4.78, 5) is 11.8. The highest BCUT2D eigenvalue weighted by Gasteiger charge is 2.13. The number of carbonyl (C=O) groups excluding carboxylic acids is 1. The van der Waals surface area contributed by atoms with Crippen LogP contribution in [0.5, 0.6) is 0 Å². The third-order valence-electron chi connectivity index (χ3n) is 3.77. The molecular weight excluding hydrogens is 236 g/mol. The predicted molar refractivity (Wildman–Crippen MR) is 80.8 cm³/mol. The van der Waals surface area contributed by atoms with Gasteiger partial charge in [-0.05, 0) is 56.9 Å². The lowest BCUT2D eigenvalue weighted by Gasteiger charge is -2.17. The van der Waals surface area contributed by atoms with Crippen LogP contribution in [0.2, 0.25) is 0 Å². The molecule has 0 saturated heterocycles. The third kappa shape index (κ3) is 7.36. The van der Waals surface area contributed by atoms with E-state index in [4.69, 9.17) is 5.73 Å². The van der Waals surface area contributed by atoms with Crippen LogP contribution in [0, 0.1) is 11.8 Å². The van der Waals surface area contributed by atoms with Crippen molar-refractivity contribution in [1.29, 1.82) is 0 Å². The molecule has 1 rings (SSSR count). The number of allylic oxidation sites excluding steroid dienone is 1. The molecule has 0 fully saturated rings. The quantitative estimate of drug-likeness (QED) is 0.664. The zero-order valence-corrected chi connectivity index (χ0v) is 12.6. The first kappa shape index (κ1) is 16.2. The number of carbonyl (C=O) groups is 1. The lowest BCUT2D eigenvalue weighted by atomic mass is 9.94. The van der Waals surface area contributed by atoms with E-state index in [1.807, 2.05) is 0 Å². The topological polar surface area (TPSA) is 55.1 Å². The maximum absolute atomic E-state index is 11.8. The van der Waals surface area contributed by atoms with Crippen molar-refractivity contribution >= 4 is 5.91 Å². The Bertz CT molecular complexity index is 297. The monoisotopic (exact) mass is 266 g/mol. The normalized spacial score (nSPS) is 17.2. The summed E-state index contributed by atoms with van der Waals surface area (Å²) in [6.07, 6.45) is 10.0. The molecule has 110 valence electrons. The van der Waals surface area contributed by atoms with Gasteiger partial charge >= 0.3 is 0 Å². The molecule has 1 aliphatic rings. The summed E-state index contributed by atoms with van der Waals surface area (Å²) in [5.74, 6) is 1.09. The first-order chi connectivity index (χ1) is 9.11. The fourth-order valence-corrected chi connectivity index (χ4v) is 2.76. The van der Waals surface area contributed by atoms with E-state index in [-0.39, 0.29) is 5.91 Å². The molecule has 0 heterocycles. The average molecular weight is 266 g/mol. The Balaban J connectivity index is 2.17. The van der Waals surface area contributed by atoms with Crippen LogP contribution in [0.1, 0.15) is 58.8 Å². The fraction of sp³-hybridized carbons (Fsp3) is 0.812. The summed E-state index contributed by atoms with van der Waals surface area (Å²) in [5.41, 5.74) is 7.24. The molecule has 3 N–H and O–H groups in total. The molecule has 0 spiro atoms. The zero-order chi connectivity index (χ0) is 14.1. The Labute approximate surface area is 118 Å². The first-order valence-electron chi connectivity index (χ1n) is 7.76. The summed E-state index contributed by atoms with van der Waals surface area (Å²) >= 11 is 0. The van der Waals surface area contributed by atoms with E-state index in [1.165, 1.54) is 31.3 Å². The molecule has 3 nitrogen and oxygen atoms in total. The molecule has 1 aliphatic carbocycles. The van der Waals surface area contributed by atoms with Gasteiger partial charge in [0.1, 0.15) is 0 Å². The lowest BCUT2D eigenvalue weighted by molar-refractivity contribution is -0.122. The Kier molecular flexibility index (Phi) is 7.80.